The molecule has 0 fully saturated rings. The number of ether oxygens (including phenoxy) is 3. The number of methoxy groups -OCH3 is 1. The Morgan fingerprint density at radius 1 is 1.16 bits per heavy atom. The zero-order valence-corrected chi connectivity index (χ0v) is 17.6. The number of esters is 1. The van der Waals surface area contributed by atoms with E-state index < -0.39 is 27.7 Å². The van der Waals surface area contributed by atoms with Crippen molar-refractivity contribution < 1.29 is 40.6 Å². The quantitative estimate of drug-likeness (QED) is 0.392. The number of hydrogen-bond donors (Lipinski definition) is 1. The Morgan fingerprint density at radius 3 is 2.62 bits per heavy atom. The van der Waals surface area contributed by atoms with Crippen molar-refractivity contribution in [3.63, 3.8) is 0 Å². The van der Waals surface area contributed by atoms with Crippen LogP contribution in [0.1, 0.15) is 30.4 Å². The first-order valence-corrected chi connectivity index (χ1v) is 10.8. The van der Waals surface area contributed by atoms with Crippen molar-refractivity contribution in [1.82, 2.24) is 0 Å². The van der Waals surface area contributed by atoms with Crippen molar-refractivity contribution in [2.45, 2.75) is 30.3 Å². The Morgan fingerprint density at radius 2 is 1.91 bits per heavy atom. The van der Waals surface area contributed by atoms with Crippen LogP contribution >= 0.6 is 0 Å². The van der Waals surface area contributed by atoms with Crippen molar-refractivity contribution in [2.75, 3.05) is 18.6 Å². The number of carbonyl (C=O) groups is 1. The summed E-state index contributed by atoms with van der Waals surface area (Å²) in [6.07, 6.45) is -3.97. The molecule has 3 rings (SSSR count). The van der Waals surface area contributed by atoms with Gasteiger partial charge in [-0.25, -0.2) is 8.42 Å². The first-order chi connectivity index (χ1) is 15.1. The standard InChI is InChI=1S/C21H18F3NO6S/c1-29-20(26)6-4-2-3-5-14-11-15(21(22,23)24)7-9-17(14)25-32(27,28)16-8-10-18-19(12-16)31-13-30-18/h7-12,25H,2,4,6,13H2,1H3. The van der Waals surface area contributed by atoms with Gasteiger partial charge < -0.3 is 14.2 Å². The number of fused-ring (bicyclic) bond motifs is 1. The topological polar surface area (TPSA) is 90.9 Å². The number of halogens is 3. The predicted molar refractivity (Wildman–Crippen MR) is 108 cm³/mol. The van der Waals surface area contributed by atoms with Crippen molar-refractivity contribution in [3.8, 4) is 23.3 Å². The van der Waals surface area contributed by atoms with Crippen LogP contribution < -0.4 is 14.2 Å². The summed E-state index contributed by atoms with van der Waals surface area (Å²) in [7, 11) is -2.91. The van der Waals surface area contributed by atoms with E-state index in [0.717, 1.165) is 18.2 Å². The summed E-state index contributed by atoms with van der Waals surface area (Å²) in [5.41, 5.74) is -1.24. The van der Waals surface area contributed by atoms with Crippen LogP contribution in [0.15, 0.2) is 41.3 Å². The molecule has 0 atom stereocenters. The van der Waals surface area contributed by atoms with Gasteiger partial charge in [-0.3, -0.25) is 9.52 Å². The summed E-state index contributed by atoms with van der Waals surface area (Å²) >= 11 is 0. The van der Waals surface area contributed by atoms with Crippen LogP contribution in [-0.4, -0.2) is 28.3 Å². The third kappa shape index (κ3) is 5.64. The second kappa shape index (κ2) is 9.40. The van der Waals surface area contributed by atoms with E-state index in [-0.39, 0.29) is 41.5 Å². The lowest BCUT2D eigenvalue weighted by atomic mass is 10.1. The molecule has 2 aromatic rings. The minimum atomic E-state index is -4.63. The van der Waals surface area contributed by atoms with Gasteiger partial charge in [0.05, 0.1) is 23.3 Å². The van der Waals surface area contributed by atoms with Gasteiger partial charge in [-0.1, -0.05) is 11.8 Å². The zero-order valence-electron chi connectivity index (χ0n) is 16.8. The molecule has 11 heteroatoms. The highest BCUT2D eigenvalue weighted by atomic mass is 32.2. The molecular formula is C21H18F3NO6S. The Bertz CT molecular complexity index is 1180. The third-order valence-corrected chi connectivity index (χ3v) is 5.74. The summed E-state index contributed by atoms with van der Waals surface area (Å²) in [4.78, 5) is 11.0. The molecule has 0 radical (unpaired) electrons. The summed E-state index contributed by atoms with van der Waals surface area (Å²) in [6.45, 7) is -0.0408. The molecular weight excluding hydrogens is 451 g/mol. The summed E-state index contributed by atoms with van der Waals surface area (Å²) in [6, 6.07) is 6.51. The Balaban J connectivity index is 1.87. The first-order valence-electron chi connectivity index (χ1n) is 9.29. The van der Waals surface area contributed by atoms with E-state index in [9.17, 15) is 26.4 Å². The SMILES string of the molecule is COC(=O)CCCC#Cc1cc(C(F)(F)F)ccc1NS(=O)(=O)c1ccc2c(c1)OCO2. The molecule has 1 N–H and O–H groups in total. The fraction of sp³-hybridized carbons (Fsp3) is 0.286. The number of carbonyl (C=O) groups excluding carboxylic acids is 1. The molecule has 1 heterocycles. The number of sulfonamides is 1. The fourth-order valence-corrected chi connectivity index (χ4v) is 3.84. The normalized spacial score (nSPS) is 12.6. The molecule has 0 aromatic heterocycles. The smallest absolute Gasteiger partial charge is 0.416 e. The van der Waals surface area contributed by atoms with Gasteiger partial charge >= 0.3 is 12.1 Å². The molecule has 0 aliphatic carbocycles. The largest absolute Gasteiger partial charge is 0.469 e. The molecule has 0 unspecified atom stereocenters. The third-order valence-electron chi connectivity index (χ3n) is 4.38. The number of hydrogen-bond acceptors (Lipinski definition) is 6. The monoisotopic (exact) mass is 469 g/mol. The number of unbranched alkanes of at least 4 members (excludes halogenated alkanes) is 1. The van der Waals surface area contributed by atoms with Crippen LogP contribution in [-0.2, 0) is 25.7 Å². The molecule has 32 heavy (non-hydrogen) atoms. The van der Waals surface area contributed by atoms with Gasteiger partial charge in [-0.15, -0.1) is 0 Å². The van der Waals surface area contributed by atoms with E-state index in [1.165, 1.54) is 25.3 Å². The molecule has 1 aliphatic heterocycles. The van der Waals surface area contributed by atoms with Crippen LogP contribution in [0.5, 0.6) is 11.5 Å². The van der Waals surface area contributed by atoms with Gasteiger partial charge in [-0.05, 0) is 36.8 Å². The number of anilines is 1. The van der Waals surface area contributed by atoms with Gasteiger partial charge in [0.25, 0.3) is 10.0 Å². The van der Waals surface area contributed by atoms with Crippen molar-refractivity contribution >= 4 is 21.7 Å². The Hall–Kier alpha value is -3.39. The van der Waals surface area contributed by atoms with Gasteiger partial charge in [0.1, 0.15) is 0 Å². The summed E-state index contributed by atoms with van der Waals surface area (Å²) < 4.78 is 82.1. The predicted octanol–water partition coefficient (Wildman–Crippen LogP) is 3.93. The van der Waals surface area contributed by atoms with Gasteiger partial charge in [0.15, 0.2) is 11.5 Å². The lowest BCUT2D eigenvalue weighted by molar-refractivity contribution is -0.140. The van der Waals surface area contributed by atoms with E-state index in [2.05, 4.69) is 21.3 Å². The average molecular weight is 469 g/mol. The number of benzene rings is 2. The molecule has 2 aromatic carbocycles. The van der Waals surface area contributed by atoms with Crippen LogP contribution in [0, 0.1) is 11.8 Å². The second-order valence-electron chi connectivity index (χ2n) is 6.61. The fourth-order valence-electron chi connectivity index (χ4n) is 2.74. The van der Waals surface area contributed by atoms with Crippen LogP contribution in [0.2, 0.25) is 0 Å². The molecule has 7 nitrogen and oxygen atoms in total. The summed E-state index contributed by atoms with van der Waals surface area (Å²) in [5.74, 6) is 5.42. The van der Waals surface area contributed by atoms with E-state index in [0.29, 0.717) is 12.2 Å². The minimum absolute atomic E-state index is 0.0408. The lowest BCUT2D eigenvalue weighted by Crippen LogP contribution is -2.14. The summed E-state index contributed by atoms with van der Waals surface area (Å²) in [5, 5.41) is 0. The highest BCUT2D eigenvalue weighted by Gasteiger charge is 2.31. The zero-order chi connectivity index (χ0) is 23.4. The maximum absolute atomic E-state index is 13.1. The molecule has 1 aliphatic rings. The first kappa shape index (κ1) is 23.3. The minimum Gasteiger partial charge on any atom is -0.469 e. The van der Waals surface area contributed by atoms with E-state index in [1.807, 2.05) is 0 Å². The molecule has 0 amide bonds. The highest BCUT2D eigenvalue weighted by Crippen LogP contribution is 2.35. The number of alkyl halides is 3. The average Bonchev–Trinajstić information content (AvgIpc) is 3.21. The molecule has 0 spiro atoms. The van der Waals surface area contributed by atoms with Crippen molar-refractivity contribution in [2.24, 2.45) is 0 Å². The number of nitrogens with one attached hydrogen (secondary N) is 1. The Kier molecular flexibility index (Phi) is 6.84. The van der Waals surface area contributed by atoms with Crippen molar-refractivity contribution in [3.05, 3.63) is 47.5 Å². The lowest BCUT2D eigenvalue weighted by Gasteiger charge is -2.13. The van der Waals surface area contributed by atoms with E-state index >= 15 is 0 Å². The van der Waals surface area contributed by atoms with Crippen molar-refractivity contribution in [1.29, 1.82) is 0 Å². The highest BCUT2D eigenvalue weighted by molar-refractivity contribution is 7.92. The maximum Gasteiger partial charge on any atom is 0.416 e. The molecule has 0 saturated carbocycles. The van der Waals surface area contributed by atoms with Gasteiger partial charge in [-0.2, -0.15) is 13.2 Å². The molecule has 0 bridgehead atoms. The Labute approximate surface area is 182 Å². The van der Waals surface area contributed by atoms with E-state index in [1.54, 1.807) is 0 Å². The van der Waals surface area contributed by atoms with Gasteiger partial charge in [0.2, 0.25) is 6.79 Å². The van der Waals surface area contributed by atoms with E-state index in [4.69, 9.17) is 9.47 Å². The van der Waals surface area contributed by atoms with Crippen LogP contribution in [0.25, 0.3) is 0 Å². The number of rotatable bonds is 6. The van der Waals surface area contributed by atoms with Gasteiger partial charge in [0, 0.05) is 24.5 Å². The molecule has 170 valence electrons. The maximum atomic E-state index is 13.1. The second-order valence-corrected chi connectivity index (χ2v) is 8.29. The van der Waals surface area contributed by atoms with Crippen LogP contribution in [0.4, 0.5) is 18.9 Å². The molecule has 0 saturated heterocycles. The van der Waals surface area contributed by atoms with Crippen LogP contribution in [0.3, 0.4) is 0 Å².